The quantitative estimate of drug-likeness (QED) is 0.707. The molecule has 3 rings (SSSR count). The standard InChI is InChI=1S/C20H21O3P/c1-12-17(21)10-9-16-18(22)13(2)19(23-20(12)16)15-7-5-14(6-8-15)4-3-11-24/h5-10,21H,3-4,11,24H2,1-2H3. The van der Waals surface area contributed by atoms with Crippen molar-refractivity contribution in [3.63, 3.8) is 0 Å². The Bertz CT molecular complexity index is 940. The Kier molecular flexibility index (Phi) is 4.73. The second-order valence-electron chi connectivity index (χ2n) is 6.06. The summed E-state index contributed by atoms with van der Waals surface area (Å²) in [6, 6.07) is 11.3. The van der Waals surface area contributed by atoms with E-state index in [4.69, 9.17) is 4.42 Å². The molecule has 0 aliphatic carbocycles. The van der Waals surface area contributed by atoms with Gasteiger partial charge in [-0.05, 0) is 50.5 Å². The minimum absolute atomic E-state index is 0.0542. The Hall–Kier alpha value is -2.12. The smallest absolute Gasteiger partial charge is 0.196 e. The maximum Gasteiger partial charge on any atom is 0.196 e. The fourth-order valence-corrected chi connectivity index (χ4v) is 3.08. The van der Waals surface area contributed by atoms with Crippen LogP contribution in [0.3, 0.4) is 0 Å². The van der Waals surface area contributed by atoms with Gasteiger partial charge in [0.2, 0.25) is 0 Å². The lowest BCUT2D eigenvalue weighted by Gasteiger charge is -2.10. The molecule has 0 amide bonds. The molecule has 3 aromatic rings. The van der Waals surface area contributed by atoms with Gasteiger partial charge < -0.3 is 9.52 Å². The summed E-state index contributed by atoms with van der Waals surface area (Å²) in [4.78, 5) is 12.7. The summed E-state index contributed by atoms with van der Waals surface area (Å²) in [5.74, 6) is 0.701. The van der Waals surface area contributed by atoms with Crippen LogP contribution in [0.15, 0.2) is 45.6 Å². The lowest BCUT2D eigenvalue weighted by molar-refractivity contribution is 0.469. The number of hydrogen-bond donors (Lipinski definition) is 1. The van der Waals surface area contributed by atoms with Gasteiger partial charge in [-0.25, -0.2) is 0 Å². The third-order valence-corrected chi connectivity index (χ3v) is 4.80. The van der Waals surface area contributed by atoms with Crippen LogP contribution in [0.1, 0.15) is 23.1 Å². The SMILES string of the molecule is Cc1c(-c2ccc(CCCP)cc2)oc2c(C)c(O)ccc2c1=O. The molecule has 1 unspecified atom stereocenters. The lowest BCUT2D eigenvalue weighted by Crippen LogP contribution is -2.07. The largest absolute Gasteiger partial charge is 0.508 e. The van der Waals surface area contributed by atoms with Crippen LogP contribution in [-0.4, -0.2) is 11.3 Å². The average molecular weight is 340 g/mol. The van der Waals surface area contributed by atoms with E-state index in [2.05, 4.69) is 21.4 Å². The molecule has 1 N–H and O–H groups in total. The van der Waals surface area contributed by atoms with E-state index in [0.29, 0.717) is 27.9 Å². The minimum atomic E-state index is -0.0542. The van der Waals surface area contributed by atoms with Crippen LogP contribution in [-0.2, 0) is 6.42 Å². The van der Waals surface area contributed by atoms with E-state index in [1.807, 2.05) is 12.1 Å². The molecule has 0 saturated heterocycles. The molecule has 0 spiro atoms. The highest BCUT2D eigenvalue weighted by atomic mass is 31.0. The van der Waals surface area contributed by atoms with Crippen LogP contribution in [0.25, 0.3) is 22.3 Å². The number of phenols is 1. The van der Waals surface area contributed by atoms with Crippen molar-refractivity contribution < 1.29 is 9.52 Å². The van der Waals surface area contributed by atoms with Gasteiger partial charge in [0, 0.05) is 16.7 Å². The van der Waals surface area contributed by atoms with Gasteiger partial charge in [-0.2, -0.15) is 0 Å². The number of fused-ring (bicyclic) bond motifs is 1. The van der Waals surface area contributed by atoms with E-state index in [9.17, 15) is 9.90 Å². The fourth-order valence-electron chi connectivity index (χ4n) is 2.88. The third kappa shape index (κ3) is 2.97. The molecule has 0 fully saturated rings. The van der Waals surface area contributed by atoms with Crippen LogP contribution < -0.4 is 5.43 Å². The van der Waals surface area contributed by atoms with Crippen molar-refractivity contribution in [2.75, 3.05) is 6.16 Å². The first-order chi connectivity index (χ1) is 11.5. The first-order valence-corrected chi connectivity index (χ1v) is 8.90. The second-order valence-corrected chi connectivity index (χ2v) is 6.64. The molecular formula is C20H21O3P. The molecule has 0 saturated carbocycles. The van der Waals surface area contributed by atoms with E-state index in [1.165, 1.54) is 11.6 Å². The molecular weight excluding hydrogens is 319 g/mol. The lowest BCUT2D eigenvalue weighted by atomic mass is 10.0. The molecule has 0 radical (unpaired) electrons. The molecule has 124 valence electrons. The van der Waals surface area contributed by atoms with Crippen molar-refractivity contribution in [3.05, 3.63) is 63.3 Å². The number of rotatable bonds is 4. The van der Waals surface area contributed by atoms with Crippen molar-refractivity contribution in [1.29, 1.82) is 0 Å². The predicted molar refractivity (Wildman–Crippen MR) is 102 cm³/mol. The Labute approximate surface area is 143 Å². The predicted octanol–water partition coefficient (Wildman–Crippen LogP) is 4.59. The monoisotopic (exact) mass is 340 g/mol. The minimum Gasteiger partial charge on any atom is -0.508 e. The molecule has 1 atom stereocenters. The zero-order chi connectivity index (χ0) is 17.3. The number of aryl methyl sites for hydroxylation is 2. The van der Waals surface area contributed by atoms with Gasteiger partial charge in [-0.15, -0.1) is 9.24 Å². The molecule has 0 aliphatic heterocycles. The van der Waals surface area contributed by atoms with Gasteiger partial charge >= 0.3 is 0 Å². The molecule has 1 heterocycles. The van der Waals surface area contributed by atoms with Crippen LogP contribution in [0.4, 0.5) is 0 Å². The molecule has 2 aromatic carbocycles. The number of phenolic OH excluding ortho intramolecular Hbond substituents is 1. The van der Waals surface area contributed by atoms with Gasteiger partial charge in [0.15, 0.2) is 5.43 Å². The van der Waals surface area contributed by atoms with E-state index in [-0.39, 0.29) is 11.2 Å². The van der Waals surface area contributed by atoms with Crippen LogP contribution >= 0.6 is 9.24 Å². The first-order valence-electron chi connectivity index (χ1n) is 8.08. The van der Waals surface area contributed by atoms with Crippen molar-refractivity contribution in [3.8, 4) is 17.1 Å². The van der Waals surface area contributed by atoms with Crippen LogP contribution in [0.2, 0.25) is 0 Å². The van der Waals surface area contributed by atoms with Gasteiger partial charge in [-0.1, -0.05) is 24.3 Å². The van der Waals surface area contributed by atoms with Crippen LogP contribution in [0.5, 0.6) is 5.75 Å². The van der Waals surface area contributed by atoms with Gasteiger partial charge in [0.1, 0.15) is 17.1 Å². The topological polar surface area (TPSA) is 50.4 Å². The normalized spacial score (nSPS) is 11.1. The van der Waals surface area contributed by atoms with Crippen molar-refractivity contribution in [2.45, 2.75) is 26.7 Å². The molecule has 3 nitrogen and oxygen atoms in total. The first kappa shape index (κ1) is 16.7. The van der Waals surface area contributed by atoms with E-state index < -0.39 is 0 Å². The third-order valence-electron chi connectivity index (χ3n) is 4.39. The highest BCUT2D eigenvalue weighted by Crippen LogP contribution is 2.30. The highest BCUT2D eigenvalue weighted by molar-refractivity contribution is 7.16. The van der Waals surface area contributed by atoms with E-state index >= 15 is 0 Å². The van der Waals surface area contributed by atoms with Gasteiger partial charge in [0.25, 0.3) is 0 Å². The molecule has 1 aromatic heterocycles. The summed E-state index contributed by atoms with van der Waals surface area (Å²) in [7, 11) is 2.74. The Morgan fingerprint density at radius 3 is 2.42 bits per heavy atom. The number of benzene rings is 2. The number of hydrogen-bond acceptors (Lipinski definition) is 3. The molecule has 0 aliphatic rings. The van der Waals surface area contributed by atoms with Crippen molar-refractivity contribution in [2.24, 2.45) is 0 Å². The molecule has 0 bridgehead atoms. The molecule has 4 heteroatoms. The Morgan fingerprint density at radius 1 is 1.04 bits per heavy atom. The summed E-state index contributed by atoms with van der Waals surface area (Å²) in [6.45, 7) is 3.54. The van der Waals surface area contributed by atoms with Gasteiger partial charge in [-0.3, -0.25) is 4.79 Å². The maximum absolute atomic E-state index is 12.7. The summed E-state index contributed by atoms with van der Waals surface area (Å²) < 4.78 is 6.03. The highest BCUT2D eigenvalue weighted by Gasteiger charge is 2.15. The van der Waals surface area contributed by atoms with Crippen molar-refractivity contribution in [1.82, 2.24) is 0 Å². The fraction of sp³-hybridized carbons (Fsp3) is 0.250. The second kappa shape index (κ2) is 6.78. The summed E-state index contributed by atoms with van der Waals surface area (Å²) >= 11 is 0. The Morgan fingerprint density at radius 2 is 1.75 bits per heavy atom. The van der Waals surface area contributed by atoms with Crippen molar-refractivity contribution >= 4 is 20.2 Å². The summed E-state index contributed by atoms with van der Waals surface area (Å²) in [5.41, 5.74) is 3.72. The van der Waals surface area contributed by atoms with Crippen LogP contribution in [0, 0.1) is 13.8 Å². The summed E-state index contributed by atoms with van der Waals surface area (Å²) in [5, 5.41) is 10.4. The maximum atomic E-state index is 12.7. The van der Waals surface area contributed by atoms with E-state index in [1.54, 1.807) is 19.9 Å². The van der Waals surface area contributed by atoms with Gasteiger partial charge in [0.05, 0.1) is 5.39 Å². The number of aromatic hydroxyl groups is 1. The Balaban J connectivity index is 2.14. The zero-order valence-electron chi connectivity index (χ0n) is 13.9. The summed E-state index contributed by atoms with van der Waals surface area (Å²) in [6.07, 6.45) is 3.26. The molecule has 24 heavy (non-hydrogen) atoms. The van der Waals surface area contributed by atoms with E-state index in [0.717, 1.165) is 24.6 Å². The zero-order valence-corrected chi connectivity index (χ0v) is 15.1. The average Bonchev–Trinajstić information content (AvgIpc) is 2.60.